The normalized spacial score (nSPS) is 15.3. The van der Waals surface area contributed by atoms with Gasteiger partial charge >= 0.3 is 36.0 Å². The standard InChI is InChI=1S/C12H4F14/c13-7(14,9(17,18)11(21,22)23)5-3-1-2-4-6(5)8(15,16)10(19,20)12(24,25)26/h1-4H. The van der Waals surface area contributed by atoms with Gasteiger partial charge in [-0.15, -0.1) is 0 Å². The van der Waals surface area contributed by atoms with Crippen molar-refractivity contribution in [1.29, 1.82) is 0 Å². The van der Waals surface area contributed by atoms with E-state index < -0.39 is 59.3 Å². The molecule has 0 aliphatic rings. The first-order valence-corrected chi connectivity index (χ1v) is 5.97. The lowest BCUT2D eigenvalue weighted by Gasteiger charge is -2.33. The second-order valence-electron chi connectivity index (χ2n) is 4.84. The van der Waals surface area contributed by atoms with Crippen molar-refractivity contribution in [3.63, 3.8) is 0 Å². The lowest BCUT2D eigenvalue weighted by molar-refractivity contribution is -0.367. The zero-order valence-electron chi connectivity index (χ0n) is 11.6. The van der Waals surface area contributed by atoms with Crippen molar-refractivity contribution in [2.75, 3.05) is 0 Å². The van der Waals surface area contributed by atoms with Gasteiger partial charge in [0.05, 0.1) is 0 Å². The minimum absolute atomic E-state index is 0.182. The third-order valence-electron chi connectivity index (χ3n) is 3.10. The molecule has 0 nitrogen and oxygen atoms in total. The van der Waals surface area contributed by atoms with Crippen LogP contribution < -0.4 is 0 Å². The van der Waals surface area contributed by atoms with Crippen LogP contribution in [-0.4, -0.2) is 24.2 Å². The molecule has 150 valence electrons. The van der Waals surface area contributed by atoms with Crippen LogP contribution in [0.15, 0.2) is 24.3 Å². The number of hydrogen-bond acceptors (Lipinski definition) is 0. The van der Waals surface area contributed by atoms with E-state index in [0.29, 0.717) is 0 Å². The Labute approximate surface area is 134 Å². The van der Waals surface area contributed by atoms with Crippen LogP contribution in [0, 0.1) is 0 Å². The molecule has 26 heavy (non-hydrogen) atoms. The van der Waals surface area contributed by atoms with E-state index in [1.807, 2.05) is 0 Å². The molecular weight excluding hydrogens is 410 g/mol. The number of halogens is 14. The van der Waals surface area contributed by atoms with Crippen LogP contribution in [0.1, 0.15) is 11.1 Å². The fraction of sp³-hybridized carbons (Fsp3) is 0.500. The maximum atomic E-state index is 13.6. The molecule has 1 rings (SSSR count). The zero-order chi connectivity index (χ0) is 21.0. The van der Waals surface area contributed by atoms with E-state index in [-0.39, 0.29) is 12.1 Å². The Morgan fingerprint density at radius 1 is 0.423 bits per heavy atom. The van der Waals surface area contributed by atoms with E-state index in [0.717, 1.165) is 0 Å². The summed E-state index contributed by atoms with van der Waals surface area (Å²) >= 11 is 0. The highest BCUT2D eigenvalue weighted by atomic mass is 19.4. The van der Waals surface area contributed by atoms with E-state index >= 15 is 0 Å². The Kier molecular flexibility index (Phi) is 5.03. The van der Waals surface area contributed by atoms with Crippen LogP contribution in [0.25, 0.3) is 0 Å². The summed E-state index contributed by atoms with van der Waals surface area (Å²) in [5, 5.41) is 0. The van der Waals surface area contributed by atoms with Crippen molar-refractivity contribution in [2.24, 2.45) is 0 Å². The summed E-state index contributed by atoms with van der Waals surface area (Å²) in [6.45, 7) is 0. The predicted octanol–water partition coefficient (Wildman–Crippen LogP) is 6.27. The molecule has 0 aliphatic heterocycles. The summed E-state index contributed by atoms with van der Waals surface area (Å²) in [6, 6.07) is -0.702. The molecule has 0 atom stereocenters. The molecule has 0 aromatic heterocycles. The molecule has 0 spiro atoms. The molecule has 0 amide bonds. The molecule has 0 fully saturated rings. The molecule has 0 heterocycles. The first-order valence-electron chi connectivity index (χ1n) is 5.97. The fourth-order valence-electron chi connectivity index (χ4n) is 1.73. The lowest BCUT2D eigenvalue weighted by atomic mass is 9.90. The van der Waals surface area contributed by atoms with E-state index in [1.54, 1.807) is 0 Å². The molecular formula is C12H4F14. The highest BCUT2D eigenvalue weighted by Gasteiger charge is 2.77. The molecule has 0 bridgehead atoms. The third-order valence-corrected chi connectivity index (χ3v) is 3.10. The minimum atomic E-state index is -7.04. The SMILES string of the molecule is FC(F)(F)C(F)(F)C(F)(F)c1ccccc1C(F)(F)C(F)(F)C(F)(F)F. The average Bonchev–Trinajstić information content (AvgIpc) is 2.44. The predicted molar refractivity (Wildman–Crippen MR) is 56.2 cm³/mol. The number of rotatable bonds is 4. The minimum Gasteiger partial charge on any atom is -0.194 e. The molecule has 1 aromatic carbocycles. The van der Waals surface area contributed by atoms with E-state index in [9.17, 15) is 61.5 Å². The topological polar surface area (TPSA) is 0 Å². The van der Waals surface area contributed by atoms with Crippen molar-refractivity contribution in [2.45, 2.75) is 36.0 Å². The Hall–Kier alpha value is -1.76. The van der Waals surface area contributed by atoms with Gasteiger partial charge in [0.15, 0.2) is 0 Å². The van der Waals surface area contributed by atoms with Crippen LogP contribution >= 0.6 is 0 Å². The van der Waals surface area contributed by atoms with Gasteiger partial charge in [-0.2, -0.15) is 61.5 Å². The second-order valence-corrected chi connectivity index (χ2v) is 4.84. The van der Waals surface area contributed by atoms with Gasteiger partial charge < -0.3 is 0 Å². The van der Waals surface area contributed by atoms with E-state index in [1.165, 1.54) is 0 Å². The molecule has 0 radical (unpaired) electrons. The number of hydrogen-bond donors (Lipinski definition) is 0. The smallest absolute Gasteiger partial charge is 0.194 e. The van der Waals surface area contributed by atoms with Crippen molar-refractivity contribution in [1.82, 2.24) is 0 Å². The second kappa shape index (κ2) is 5.87. The quantitative estimate of drug-likeness (QED) is 0.510. The Morgan fingerprint density at radius 2 is 0.654 bits per heavy atom. The maximum absolute atomic E-state index is 13.6. The van der Waals surface area contributed by atoms with E-state index in [4.69, 9.17) is 0 Å². The van der Waals surface area contributed by atoms with Gasteiger partial charge in [0.2, 0.25) is 0 Å². The van der Waals surface area contributed by atoms with Gasteiger partial charge in [-0.3, -0.25) is 0 Å². The fourth-order valence-corrected chi connectivity index (χ4v) is 1.73. The van der Waals surface area contributed by atoms with Gasteiger partial charge in [-0.25, -0.2) is 0 Å². The molecule has 1 aromatic rings. The summed E-state index contributed by atoms with van der Waals surface area (Å²) in [7, 11) is 0. The molecule has 14 heteroatoms. The third kappa shape index (κ3) is 3.06. The summed E-state index contributed by atoms with van der Waals surface area (Å²) < 4.78 is 179. The Balaban J connectivity index is 3.73. The molecule has 0 saturated heterocycles. The summed E-state index contributed by atoms with van der Waals surface area (Å²) in [5.74, 6) is -27.2. The average molecular weight is 414 g/mol. The van der Waals surface area contributed by atoms with Crippen LogP contribution in [0.2, 0.25) is 0 Å². The molecule has 0 N–H and O–H groups in total. The molecule has 0 aliphatic carbocycles. The summed E-state index contributed by atoms with van der Waals surface area (Å²) in [4.78, 5) is 0. The molecule has 0 unspecified atom stereocenters. The van der Waals surface area contributed by atoms with Crippen LogP contribution in [0.5, 0.6) is 0 Å². The summed E-state index contributed by atoms with van der Waals surface area (Å²) in [5.41, 5.74) is -6.06. The van der Waals surface area contributed by atoms with Crippen molar-refractivity contribution in [3.05, 3.63) is 35.4 Å². The van der Waals surface area contributed by atoms with Crippen LogP contribution in [0.3, 0.4) is 0 Å². The summed E-state index contributed by atoms with van der Waals surface area (Å²) in [6.07, 6.45) is -14.0. The largest absolute Gasteiger partial charge is 0.460 e. The van der Waals surface area contributed by atoms with Gasteiger partial charge in [0.25, 0.3) is 0 Å². The highest BCUT2D eigenvalue weighted by molar-refractivity contribution is 5.38. The van der Waals surface area contributed by atoms with E-state index in [2.05, 4.69) is 0 Å². The monoisotopic (exact) mass is 414 g/mol. The van der Waals surface area contributed by atoms with Crippen molar-refractivity contribution >= 4 is 0 Å². The Bertz CT molecular complexity index is 594. The van der Waals surface area contributed by atoms with Gasteiger partial charge in [0, 0.05) is 11.1 Å². The lowest BCUT2D eigenvalue weighted by Crippen LogP contribution is -2.53. The van der Waals surface area contributed by atoms with Gasteiger partial charge in [0.1, 0.15) is 0 Å². The molecule has 0 saturated carbocycles. The van der Waals surface area contributed by atoms with Crippen LogP contribution in [0.4, 0.5) is 61.5 Å². The Morgan fingerprint density at radius 3 is 0.846 bits per heavy atom. The number of alkyl halides is 14. The van der Waals surface area contributed by atoms with Gasteiger partial charge in [-0.1, -0.05) is 24.3 Å². The van der Waals surface area contributed by atoms with Gasteiger partial charge in [-0.05, 0) is 0 Å². The van der Waals surface area contributed by atoms with Crippen molar-refractivity contribution < 1.29 is 61.5 Å². The van der Waals surface area contributed by atoms with Crippen LogP contribution in [-0.2, 0) is 11.8 Å². The van der Waals surface area contributed by atoms with Crippen molar-refractivity contribution in [3.8, 4) is 0 Å². The zero-order valence-corrected chi connectivity index (χ0v) is 11.6. The highest BCUT2D eigenvalue weighted by Crippen LogP contribution is 2.57. The number of benzene rings is 1. The first kappa shape index (κ1) is 22.3. The maximum Gasteiger partial charge on any atom is 0.460 e. The first-order chi connectivity index (χ1) is 11.2.